The number of hydrogen-bond donors (Lipinski definition) is 1. The van der Waals surface area contributed by atoms with Gasteiger partial charge >= 0.3 is 0 Å². The predicted molar refractivity (Wildman–Crippen MR) is 57.7 cm³/mol. The van der Waals surface area contributed by atoms with Crippen molar-refractivity contribution in [1.29, 1.82) is 0 Å². The third-order valence-electron chi connectivity index (χ3n) is 2.61. The lowest BCUT2D eigenvalue weighted by Crippen LogP contribution is -2.67. The molecule has 1 rings (SSSR count). The zero-order valence-corrected chi connectivity index (χ0v) is 10.4. The van der Waals surface area contributed by atoms with Gasteiger partial charge in [-0.25, -0.2) is 8.42 Å². The molecule has 1 N–H and O–H groups in total. The summed E-state index contributed by atoms with van der Waals surface area (Å²) in [4.78, 5) is 0. The summed E-state index contributed by atoms with van der Waals surface area (Å²) in [5, 5.41) is 3.34. The summed E-state index contributed by atoms with van der Waals surface area (Å²) in [7, 11) is -3.11. The molecule has 0 aliphatic carbocycles. The van der Waals surface area contributed by atoms with Crippen LogP contribution in [-0.2, 0) is 10.0 Å². The minimum atomic E-state index is -3.11. The van der Waals surface area contributed by atoms with Crippen LogP contribution < -0.4 is 5.32 Å². The average Bonchev–Trinajstić information content (AvgIpc) is 1.93. The molecular weight excluding hydrogens is 200 g/mol. The Morgan fingerprint density at radius 2 is 1.71 bits per heavy atom. The lowest BCUT2D eigenvalue weighted by Gasteiger charge is -2.47. The number of rotatable bonds is 1. The van der Waals surface area contributed by atoms with Gasteiger partial charge in [-0.15, -0.1) is 0 Å². The number of nitrogens with zero attached hydrogens (tertiary/aromatic N) is 1. The fraction of sp³-hybridized carbons (Fsp3) is 1.00. The highest BCUT2D eigenvalue weighted by Crippen LogP contribution is 2.25. The molecule has 14 heavy (non-hydrogen) atoms. The minimum Gasteiger partial charge on any atom is -0.309 e. The molecule has 1 aliphatic heterocycles. The van der Waals surface area contributed by atoms with Crippen molar-refractivity contribution >= 4 is 10.0 Å². The Labute approximate surface area is 86.7 Å². The number of nitrogens with one attached hydrogen (secondary N) is 1. The minimum absolute atomic E-state index is 0.140. The van der Waals surface area contributed by atoms with Gasteiger partial charge in [0.05, 0.1) is 6.26 Å². The third-order valence-corrected chi connectivity index (χ3v) is 4.04. The van der Waals surface area contributed by atoms with Crippen molar-refractivity contribution in [2.75, 3.05) is 19.3 Å². The van der Waals surface area contributed by atoms with Crippen molar-refractivity contribution < 1.29 is 8.42 Å². The van der Waals surface area contributed by atoms with Gasteiger partial charge < -0.3 is 5.32 Å². The van der Waals surface area contributed by atoms with Gasteiger partial charge in [-0.05, 0) is 27.7 Å². The Bertz CT molecular complexity index is 320. The van der Waals surface area contributed by atoms with E-state index in [1.807, 2.05) is 27.7 Å². The van der Waals surface area contributed by atoms with Crippen LogP contribution in [0.5, 0.6) is 0 Å². The standard InChI is InChI=1S/C9H20N2O2S/c1-8(2)7-11(14(5,12)13)9(3,4)6-10-8/h10H,6-7H2,1-5H3. The SMILES string of the molecule is CC1(C)CN(S(C)(=O)=O)C(C)(C)CN1. The quantitative estimate of drug-likeness (QED) is 0.696. The molecule has 0 amide bonds. The maximum Gasteiger partial charge on any atom is 0.211 e. The zero-order valence-electron chi connectivity index (χ0n) is 9.59. The van der Waals surface area contributed by atoms with E-state index in [2.05, 4.69) is 5.32 Å². The van der Waals surface area contributed by atoms with E-state index in [-0.39, 0.29) is 11.1 Å². The molecular formula is C9H20N2O2S. The van der Waals surface area contributed by atoms with Crippen LogP contribution in [0, 0.1) is 0 Å². The van der Waals surface area contributed by atoms with Crippen molar-refractivity contribution in [3.63, 3.8) is 0 Å². The summed E-state index contributed by atoms with van der Waals surface area (Å²) in [5.41, 5.74) is -0.471. The van der Waals surface area contributed by atoms with Crippen LogP contribution in [0.1, 0.15) is 27.7 Å². The molecule has 0 saturated carbocycles. The van der Waals surface area contributed by atoms with Crippen molar-refractivity contribution in [2.24, 2.45) is 0 Å². The largest absolute Gasteiger partial charge is 0.309 e. The normalized spacial score (nSPS) is 27.5. The highest BCUT2D eigenvalue weighted by molar-refractivity contribution is 7.88. The van der Waals surface area contributed by atoms with Crippen LogP contribution in [0.15, 0.2) is 0 Å². The second kappa shape index (κ2) is 3.18. The van der Waals surface area contributed by atoms with E-state index in [1.54, 1.807) is 4.31 Å². The first-order valence-electron chi connectivity index (χ1n) is 4.77. The van der Waals surface area contributed by atoms with Crippen LogP contribution in [-0.4, -0.2) is 43.1 Å². The number of hydrogen-bond acceptors (Lipinski definition) is 3. The van der Waals surface area contributed by atoms with E-state index in [9.17, 15) is 8.42 Å². The van der Waals surface area contributed by atoms with Gasteiger partial charge in [0.25, 0.3) is 0 Å². The molecule has 0 aromatic heterocycles. The van der Waals surface area contributed by atoms with Crippen LogP contribution >= 0.6 is 0 Å². The molecule has 0 aromatic rings. The zero-order chi connectivity index (χ0) is 11.2. The molecule has 1 fully saturated rings. The van der Waals surface area contributed by atoms with Crippen LogP contribution in [0.25, 0.3) is 0 Å². The second-order valence-electron chi connectivity index (χ2n) is 5.32. The summed E-state index contributed by atoms with van der Waals surface area (Å²) >= 11 is 0. The maximum absolute atomic E-state index is 11.6. The fourth-order valence-corrected chi connectivity index (χ4v) is 3.26. The molecule has 4 nitrogen and oxygen atoms in total. The van der Waals surface area contributed by atoms with E-state index in [1.165, 1.54) is 6.26 Å². The first kappa shape index (κ1) is 11.9. The Morgan fingerprint density at radius 1 is 1.21 bits per heavy atom. The highest BCUT2D eigenvalue weighted by atomic mass is 32.2. The second-order valence-corrected chi connectivity index (χ2v) is 7.23. The fourth-order valence-electron chi connectivity index (χ4n) is 1.74. The summed E-state index contributed by atoms with van der Waals surface area (Å²) in [5.74, 6) is 0. The van der Waals surface area contributed by atoms with Crippen molar-refractivity contribution in [2.45, 2.75) is 38.8 Å². The smallest absolute Gasteiger partial charge is 0.211 e. The summed E-state index contributed by atoms with van der Waals surface area (Å²) < 4.78 is 24.8. The van der Waals surface area contributed by atoms with Gasteiger partial charge in [-0.3, -0.25) is 0 Å². The van der Waals surface area contributed by atoms with E-state index in [4.69, 9.17) is 0 Å². The Hall–Kier alpha value is -0.130. The van der Waals surface area contributed by atoms with Gasteiger partial charge in [0.15, 0.2) is 0 Å². The van der Waals surface area contributed by atoms with Gasteiger partial charge in [-0.2, -0.15) is 4.31 Å². The Balaban J connectivity index is 3.00. The lowest BCUT2D eigenvalue weighted by atomic mass is 9.94. The molecule has 0 unspecified atom stereocenters. The highest BCUT2D eigenvalue weighted by Gasteiger charge is 2.42. The predicted octanol–water partition coefficient (Wildman–Crippen LogP) is 0.408. The third kappa shape index (κ3) is 2.46. The van der Waals surface area contributed by atoms with Crippen molar-refractivity contribution in [3.8, 4) is 0 Å². The first-order valence-corrected chi connectivity index (χ1v) is 6.62. The van der Waals surface area contributed by atoms with Gasteiger partial charge in [-0.1, -0.05) is 0 Å². The van der Waals surface area contributed by atoms with E-state index < -0.39 is 10.0 Å². The van der Waals surface area contributed by atoms with Gasteiger partial charge in [0, 0.05) is 24.2 Å². The van der Waals surface area contributed by atoms with Crippen LogP contribution in [0.4, 0.5) is 0 Å². The molecule has 0 aromatic carbocycles. The van der Waals surface area contributed by atoms with Crippen LogP contribution in [0.3, 0.4) is 0 Å². The lowest BCUT2D eigenvalue weighted by molar-refractivity contribution is 0.117. The van der Waals surface area contributed by atoms with Crippen molar-refractivity contribution in [3.05, 3.63) is 0 Å². The molecule has 1 heterocycles. The maximum atomic E-state index is 11.6. The molecule has 0 spiro atoms. The summed E-state index contributed by atoms with van der Waals surface area (Å²) in [6.07, 6.45) is 1.27. The topological polar surface area (TPSA) is 49.4 Å². The van der Waals surface area contributed by atoms with E-state index >= 15 is 0 Å². The summed E-state index contributed by atoms with van der Waals surface area (Å²) in [6, 6.07) is 0. The monoisotopic (exact) mass is 220 g/mol. The van der Waals surface area contributed by atoms with E-state index in [0.717, 1.165) is 0 Å². The number of piperazine rings is 1. The Kier molecular flexibility index (Phi) is 2.71. The Morgan fingerprint density at radius 3 is 2.07 bits per heavy atom. The molecule has 1 aliphatic rings. The molecule has 5 heteroatoms. The van der Waals surface area contributed by atoms with Crippen LogP contribution in [0.2, 0.25) is 0 Å². The van der Waals surface area contributed by atoms with Gasteiger partial charge in [0.2, 0.25) is 10.0 Å². The molecule has 0 bridgehead atoms. The number of sulfonamides is 1. The van der Waals surface area contributed by atoms with E-state index in [0.29, 0.717) is 13.1 Å². The molecule has 1 saturated heterocycles. The summed E-state index contributed by atoms with van der Waals surface area (Å²) in [6.45, 7) is 9.12. The van der Waals surface area contributed by atoms with Crippen molar-refractivity contribution in [1.82, 2.24) is 9.62 Å². The van der Waals surface area contributed by atoms with Gasteiger partial charge in [0.1, 0.15) is 0 Å². The molecule has 84 valence electrons. The first-order chi connectivity index (χ1) is 6.05. The molecule has 0 radical (unpaired) electrons. The molecule has 0 atom stereocenters. The average molecular weight is 220 g/mol.